The third kappa shape index (κ3) is 5.77. The van der Waals surface area contributed by atoms with Gasteiger partial charge in [-0.25, -0.2) is 0 Å². The SMILES string of the molecule is CCOc1ccc(C(O)=C2C(=O)C(=O)N(CCN(C)C)[C@H]2c2ccc(OCC)c(OCC)c2)cc1. The van der Waals surface area contributed by atoms with Gasteiger partial charge in [0, 0.05) is 18.7 Å². The number of likely N-dealkylation sites (tertiary alicyclic amines) is 1. The number of benzene rings is 2. The molecule has 1 heterocycles. The molecule has 1 saturated heterocycles. The smallest absolute Gasteiger partial charge is 0.295 e. The van der Waals surface area contributed by atoms with E-state index in [9.17, 15) is 14.7 Å². The molecule has 1 aliphatic heterocycles. The minimum Gasteiger partial charge on any atom is -0.507 e. The number of Topliss-reactive ketones (excluding diaryl/α,β-unsaturated/α-hetero) is 1. The largest absolute Gasteiger partial charge is 0.507 e. The Labute approximate surface area is 206 Å². The van der Waals surface area contributed by atoms with E-state index in [0.717, 1.165) is 0 Å². The number of ketones is 1. The van der Waals surface area contributed by atoms with Crippen LogP contribution in [-0.4, -0.2) is 73.6 Å². The van der Waals surface area contributed by atoms with E-state index >= 15 is 0 Å². The molecule has 3 rings (SSSR count). The van der Waals surface area contributed by atoms with Crippen molar-refractivity contribution in [2.45, 2.75) is 26.8 Å². The zero-order valence-electron chi connectivity index (χ0n) is 21.0. The van der Waals surface area contributed by atoms with E-state index in [1.54, 1.807) is 42.5 Å². The summed E-state index contributed by atoms with van der Waals surface area (Å²) in [5.74, 6) is 0.166. The Morgan fingerprint density at radius 1 is 0.914 bits per heavy atom. The summed E-state index contributed by atoms with van der Waals surface area (Å²) in [5, 5.41) is 11.2. The van der Waals surface area contributed by atoms with Crippen LogP contribution in [0.5, 0.6) is 17.2 Å². The van der Waals surface area contributed by atoms with E-state index in [0.29, 0.717) is 61.3 Å². The molecule has 0 aromatic heterocycles. The molecule has 1 N–H and O–H groups in total. The average Bonchev–Trinajstić information content (AvgIpc) is 3.09. The van der Waals surface area contributed by atoms with Gasteiger partial charge in [0.1, 0.15) is 11.5 Å². The molecule has 0 spiro atoms. The Bertz CT molecular complexity index is 1080. The summed E-state index contributed by atoms with van der Waals surface area (Å²) in [4.78, 5) is 29.8. The van der Waals surface area contributed by atoms with E-state index < -0.39 is 17.7 Å². The van der Waals surface area contributed by atoms with Crippen LogP contribution in [0.25, 0.3) is 5.76 Å². The zero-order valence-corrected chi connectivity index (χ0v) is 21.0. The fourth-order valence-corrected chi connectivity index (χ4v) is 4.03. The van der Waals surface area contributed by atoms with Crippen LogP contribution in [0.15, 0.2) is 48.0 Å². The number of nitrogens with zero attached hydrogens (tertiary/aromatic N) is 2. The first-order valence-electron chi connectivity index (χ1n) is 11.9. The third-order valence-electron chi connectivity index (χ3n) is 5.65. The highest BCUT2D eigenvalue weighted by atomic mass is 16.5. The summed E-state index contributed by atoms with van der Waals surface area (Å²) >= 11 is 0. The fourth-order valence-electron chi connectivity index (χ4n) is 4.03. The van der Waals surface area contributed by atoms with Crippen molar-refractivity contribution in [3.63, 3.8) is 0 Å². The van der Waals surface area contributed by atoms with Crippen molar-refractivity contribution in [1.29, 1.82) is 0 Å². The van der Waals surface area contributed by atoms with E-state index in [-0.39, 0.29) is 11.3 Å². The molecule has 0 saturated carbocycles. The van der Waals surface area contributed by atoms with Crippen LogP contribution in [0.3, 0.4) is 0 Å². The van der Waals surface area contributed by atoms with Gasteiger partial charge < -0.3 is 29.1 Å². The molecule has 0 unspecified atom stereocenters. The molecule has 0 bridgehead atoms. The minimum atomic E-state index is -0.767. The number of carbonyl (C=O) groups excluding carboxylic acids is 2. The van der Waals surface area contributed by atoms with Gasteiger partial charge in [0.05, 0.1) is 31.4 Å². The van der Waals surface area contributed by atoms with E-state index in [1.807, 2.05) is 39.8 Å². The van der Waals surface area contributed by atoms with Crippen LogP contribution in [0, 0.1) is 0 Å². The summed E-state index contributed by atoms with van der Waals surface area (Å²) in [7, 11) is 3.80. The number of carbonyl (C=O) groups is 2. The molecule has 8 nitrogen and oxygen atoms in total. The second kappa shape index (κ2) is 11.8. The maximum absolute atomic E-state index is 13.2. The number of aliphatic hydroxyl groups is 1. The minimum absolute atomic E-state index is 0.0459. The molecule has 8 heteroatoms. The monoisotopic (exact) mass is 482 g/mol. The lowest BCUT2D eigenvalue weighted by Gasteiger charge is -2.27. The number of hydrogen-bond donors (Lipinski definition) is 1. The maximum Gasteiger partial charge on any atom is 0.295 e. The lowest BCUT2D eigenvalue weighted by atomic mass is 9.95. The molecule has 0 radical (unpaired) electrons. The summed E-state index contributed by atoms with van der Waals surface area (Å²) in [6.45, 7) is 7.93. The Balaban J connectivity index is 2.14. The topological polar surface area (TPSA) is 88.5 Å². The van der Waals surface area contributed by atoms with E-state index in [4.69, 9.17) is 14.2 Å². The quantitative estimate of drug-likeness (QED) is 0.296. The molecular weight excluding hydrogens is 448 g/mol. The van der Waals surface area contributed by atoms with E-state index in [2.05, 4.69) is 0 Å². The van der Waals surface area contributed by atoms with Gasteiger partial charge in [-0.05, 0) is 76.8 Å². The zero-order chi connectivity index (χ0) is 25.5. The van der Waals surface area contributed by atoms with Crippen molar-refractivity contribution in [2.24, 2.45) is 0 Å². The predicted molar refractivity (Wildman–Crippen MR) is 134 cm³/mol. The van der Waals surface area contributed by atoms with Gasteiger partial charge in [-0.1, -0.05) is 6.07 Å². The highest BCUT2D eigenvalue weighted by Crippen LogP contribution is 2.42. The van der Waals surface area contributed by atoms with Gasteiger partial charge in [0.15, 0.2) is 11.5 Å². The van der Waals surface area contributed by atoms with Crippen LogP contribution in [0.1, 0.15) is 37.9 Å². The average molecular weight is 483 g/mol. The number of ether oxygens (including phenoxy) is 3. The number of likely N-dealkylation sites (N-methyl/N-ethyl adjacent to an activating group) is 1. The third-order valence-corrected chi connectivity index (χ3v) is 5.65. The maximum atomic E-state index is 13.2. The first kappa shape index (κ1) is 26.1. The van der Waals surface area contributed by atoms with Crippen molar-refractivity contribution in [1.82, 2.24) is 9.80 Å². The molecule has 35 heavy (non-hydrogen) atoms. The van der Waals surface area contributed by atoms with Crippen molar-refractivity contribution in [3.05, 3.63) is 59.2 Å². The van der Waals surface area contributed by atoms with Crippen molar-refractivity contribution < 1.29 is 28.9 Å². The molecule has 2 aromatic rings. The van der Waals surface area contributed by atoms with Crippen LogP contribution < -0.4 is 14.2 Å². The summed E-state index contributed by atoms with van der Waals surface area (Å²) in [5.41, 5.74) is 1.13. The Morgan fingerprint density at radius 3 is 2.14 bits per heavy atom. The van der Waals surface area contributed by atoms with Gasteiger partial charge in [0.25, 0.3) is 11.7 Å². The lowest BCUT2D eigenvalue weighted by molar-refractivity contribution is -0.140. The van der Waals surface area contributed by atoms with Crippen LogP contribution in [0.2, 0.25) is 0 Å². The van der Waals surface area contributed by atoms with Crippen molar-refractivity contribution >= 4 is 17.4 Å². The molecule has 2 aromatic carbocycles. The summed E-state index contributed by atoms with van der Waals surface area (Å²) in [6.07, 6.45) is 0. The van der Waals surface area contributed by atoms with Gasteiger partial charge in [-0.15, -0.1) is 0 Å². The van der Waals surface area contributed by atoms with Gasteiger partial charge in [-0.2, -0.15) is 0 Å². The Morgan fingerprint density at radius 2 is 1.54 bits per heavy atom. The molecule has 188 valence electrons. The Hall–Kier alpha value is -3.52. The predicted octanol–water partition coefficient (Wildman–Crippen LogP) is 3.87. The van der Waals surface area contributed by atoms with Crippen LogP contribution in [0.4, 0.5) is 0 Å². The van der Waals surface area contributed by atoms with Gasteiger partial charge in [-0.3, -0.25) is 9.59 Å². The van der Waals surface area contributed by atoms with Crippen LogP contribution in [-0.2, 0) is 9.59 Å². The van der Waals surface area contributed by atoms with Crippen LogP contribution >= 0.6 is 0 Å². The number of hydrogen-bond acceptors (Lipinski definition) is 7. The fraction of sp³-hybridized carbons (Fsp3) is 0.407. The second-order valence-electron chi connectivity index (χ2n) is 8.33. The standard InChI is InChI=1S/C27H34N2O6/c1-6-33-20-12-9-18(10-13-20)25(30)23-24(29(16-15-28(4)5)27(32)26(23)31)19-11-14-21(34-7-2)22(17-19)35-8-3/h9-14,17,24,30H,6-8,15-16H2,1-5H3/t24-/m0/s1. The summed E-state index contributed by atoms with van der Waals surface area (Å²) < 4.78 is 16.9. The molecule has 1 amide bonds. The van der Waals surface area contributed by atoms with E-state index in [1.165, 1.54) is 4.90 Å². The first-order chi connectivity index (χ1) is 16.8. The molecule has 0 aliphatic carbocycles. The number of rotatable bonds is 11. The normalized spacial score (nSPS) is 17.2. The van der Waals surface area contributed by atoms with Gasteiger partial charge >= 0.3 is 0 Å². The highest BCUT2D eigenvalue weighted by molar-refractivity contribution is 6.46. The molecular formula is C27H34N2O6. The highest BCUT2D eigenvalue weighted by Gasteiger charge is 2.46. The first-order valence-corrected chi connectivity index (χ1v) is 11.9. The number of aliphatic hydroxyl groups excluding tert-OH is 1. The number of amides is 1. The molecule has 1 atom stereocenters. The molecule has 1 fully saturated rings. The lowest BCUT2D eigenvalue weighted by Crippen LogP contribution is -2.35. The molecule has 1 aliphatic rings. The van der Waals surface area contributed by atoms with Crippen molar-refractivity contribution in [3.8, 4) is 17.2 Å². The van der Waals surface area contributed by atoms with Gasteiger partial charge in [0.2, 0.25) is 0 Å². The summed E-state index contributed by atoms with van der Waals surface area (Å²) in [6, 6.07) is 11.4. The second-order valence-corrected chi connectivity index (χ2v) is 8.33. The van der Waals surface area contributed by atoms with Crippen molar-refractivity contribution in [2.75, 3.05) is 47.0 Å². The Kier molecular flexibility index (Phi) is 8.76.